The number of hydrogen-bond acceptors (Lipinski definition) is 2. The maximum atomic E-state index is 5.26. The maximum Gasteiger partial charge on any atom is 0.120 e. The van der Waals surface area contributed by atoms with E-state index >= 15 is 0 Å². The van der Waals surface area contributed by atoms with Crippen molar-refractivity contribution in [3.8, 4) is 5.75 Å². The van der Waals surface area contributed by atoms with Crippen molar-refractivity contribution in [1.29, 1.82) is 0 Å². The van der Waals surface area contributed by atoms with E-state index in [0.717, 1.165) is 17.1 Å². The molecule has 100 valence electrons. The van der Waals surface area contributed by atoms with Gasteiger partial charge in [0.25, 0.3) is 0 Å². The van der Waals surface area contributed by atoms with Crippen LogP contribution in [0.15, 0.2) is 60.7 Å². The first kappa shape index (κ1) is 12.5. The molecule has 2 heteroatoms. The minimum atomic E-state index is 0.853. The minimum absolute atomic E-state index is 0.853. The number of anilines is 2. The zero-order valence-electron chi connectivity index (χ0n) is 11.7. The third-order valence-corrected chi connectivity index (χ3v) is 3.49. The molecule has 0 saturated carbocycles. The molecular weight excluding hydrogens is 246 g/mol. The second kappa shape index (κ2) is 5.25. The summed E-state index contributed by atoms with van der Waals surface area (Å²) in [6, 6.07) is 20.7. The van der Waals surface area contributed by atoms with Gasteiger partial charge in [-0.3, -0.25) is 0 Å². The lowest BCUT2D eigenvalue weighted by molar-refractivity contribution is 0.415. The van der Waals surface area contributed by atoms with Gasteiger partial charge in [0.05, 0.1) is 7.11 Å². The van der Waals surface area contributed by atoms with Crippen LogP contribution in [0.2, 0.25) is 0 Å². The molecule has 0 aliphatic rings. The molecule has 0 amide bonds. The molecule has 0 aliphatic heterocycles. The van der Waals surface area contributed by atoms with Crippen LogP contribution in [0.4, 0.5) is 11.4 Å². The number of ether oxygens (including phenoxy) is 1. The second-order valence-electron chi connectivity index (χ2n) is 4.83. The number of benzene rings is 3. The molecule has 0 aliphatic carbocycles. The summed E-state index contributed by atoms with van der Waals surface area (Å²) < 4.78 is 5.26. The second-order valence-corrected chi connectivity index (χ2v) is 4.83. The Morgan fingerprint density at radius 3 is 2.45 bits per heavy atom. The summed E-state index contributed by atoms with van der Waals surface area (Å²) in [7, 11) is 1.68. The van der Waals surface area contributed by atoms with Crippen molar-refractivity contribution >= 4 is 22.1 Å². The zero-order valence-corrected chi connectivity index (χ0v) is 11.7. The van der Waals surface area contributed by atoms with Crippen LogP contribution in [0.1, 0.15) is 5.56 Å². The first-order valence-corrected chi connectivity index (χ1v) is 6.67. The Kier molecular flexibility index (Phi) is 3.30. The van der Waals surface area contributed by atoms with Crippen LogP contribution in [-0.2, 0) is 0 Å². The molecule has 0 spiro atoms. The van der Waals surface area contributed by atoms with Gasteiger partial charge in [0, 0.05) is 22.8 Å². The number of methoxy groups -OCH3 is 1. The van der Waals surface area contributed by atoms with Crippen LogP contribution in [0.5, 0.6) is 5.75 Å². The highest BCUT2D eigenvalue weighted by Gasteiger charge is 2.04. The van der Waals surface area contributed by atoms with Crippen LogP contribution in [0.3, 0.4) is 0 Å². The van der Waals surface area contributed by atoms with Crippen molar-refractivity contribution in [1.82, 2.24) is 0 Å². The molecule has 0 fully saturated rings. The fourth-order valence-corrected chi connectivity index (χ4v) is 2.42. The topological polar surface area (TPSA) is 21.3 Å². The molecule has 0 unspecified atom stereocenters. The summed E-state index contributed by atoms with van der Waals surface area (Å²) in [6.07, 6.45) is 0. The first-order chi connectivity index (χ1) is 9.78. The smallest absolute Gasteiger partial charge is 0.120 e. The lowest BCUT2D eigenvalue weighted by Crippen LogP contribution is -1.93. The summed E-state index contributed by atoms with van der Waals surface area (Å²) in [5, 5.41) is 5.98. The molecule has 1 N–H and O–H groups in total. The van der Waals surface area contributed by atoms with E-state index in [-0.39, 0.29) is 0 Å². The van der Waals surface area contributed by atoms with E-state index in [1.165, 1.54) is 16.3 Å². The van der Waals surface area contributed by atoms with Crippen LogP contribution in [0, 0.1) is 6.92 Å². The molecule has 2 nitrogen and oxygen atoms in total. The summed E-state index contributed by atoms with van der Waals surface area (Å²) in [6.45, 7) is 2.14. The highest BCUT2D eigenvalue weighted by molar-refractivity contribution is 5.97. The molecule has 0 atom stereocenters. The molecule has 3 aromatic rings. The van der Waals surface area contributed by atoms with E-state index < -0.39 is 0 Å². The Hall–Kier alpha value is -2.48. The normalized spacial score (nSPS) is 10.5. The fourth-order valence-electron chi connectivity index (χ4n) is 2.42. The Balaban J connectivity index is 2.04. The lowest BCUT2D eigenvalue weighted by Gasteiger charge is -2.12. The molecule has 3 aromatic carbocycles. The van der Waals surface area contributed by atoms with Gasteiger partial charge in [-0.25, -0.2) is 0 Å². The SMILES string of the molecule is COc1cccc(Nc2ccc(C)c3ccccc23)c1. The van der Waals surface area contributed by atoms with Gasteiger partial charge in [0.15, 0.2) is 0 Å². The molecule has 20 heavy (non-hydrogen) atoms. The van der Waals surface area contributed by atoms with Gasteiger partial charge in [0.2, 0.25) is 0 Å². The van der Waals surface area contributed by atoms with Gasteiger partial charge in [-0.2, -0.15) is 0 Å². The average Bonchev–Trinajstić information content (AvgIpc) is 2.51. The predicted octanol–water partition coefficient (Wildman–Crippen LogP) is 4.90. The van der Waals surface area contributed by atoms with E-state index in [0.29, 0.717) is 0 Å². The summed E-state index contributed by atoms with van der Waals surface area (Å²) in [4.78, 5) is 0. The average molecular weight is 263 g/mol. The van der Waals surface area contributed by atoms with Gasteiger partial charge in [-0.1, -0.05) is 36.4 Å². The van der Waals surface area contributed by atoms with Crippen LogP contribution in [0.25, 0.3) is 10.8 Å². The predicted molar refractivity (Wildman–Crippen MR) is 85.0 cm³/mol. The molecule has 3 rings (SSSR count). The Morgan fingerprint density at radius 1 is 0.850 bits per heavy atom. The van der Waals surface area contributed by atoms with Crippen LogP contribution < -0.4 is 10.1 Å². The largest absolute Gasteiger partial charge is 0.497 e. The minimum Gasteiger partial charge on any atom is -0.497 e. The van der Waals surface area contributed by atoms with Gasteiger partial charge < -0.3 is 10.1 Å². The number of fused-ring (bicyclic) bond motifs is 1. The fraction of sp³-hybridized carbons (Fsp3) is 0.111. The highest BCUT2D eigenvalue weighted by atomic mass is 16.5. The van der Waals surface area contributed by atoms with Crippen molar-refractivity contribution in [3.05, 3.63) is 66.2 Å². The first-order valence-electron chi connectivity index (χ1n) is 6.67. The van der Waals surface area contributed by atoms with Crippen molar-refractivity contribution in [2.24, 2.45) is 0 Å². The van der Waals surface area contributed by atoms with E-state index in [1.807, 2.05) is 24.3 Å². The molecule has 0 bridgehead atoms. The maximum absolute atomic E-state index is 5.26. The van der Waals surface area contributed by atoms with Gasteiger partial charge in [0.1, 0.15) is 5.75 Å². The van der Waals surface area contributed by atoms with Crippen molar-refractivity contribution in [2.75, 3.05) is 12.4 Å². The molecule has 0 aromatic heterocycles. The lowest BCUT2D eigenvalue weighted by atomic mass is 10.0. The Morgan fingerprint density at radius 2 is 1.65 bits per heavy atom. The summed E-state index contributed by atoms with van der Waals surface area (Å²) in [5.74, 6) is 0.853. The summed E-state index contributed by atoms with van der Waals surface area (Å²) >= 11 is 0. The van der Waals surface area contributed by atoms with Crippen molar-refractivity contribution in [3.63, 3.8) is 0 Å². The Labute approximate surface area is 119 Å². The third-order valence-electron chi connectivity index (χ3n) is 3.49. The number of hydrogen-bond donors (Lipinski definition) is 1. The van der Waals surface area contributed by atoms with Crippen molar-refractivity contribution < 1.29 is 4.74 Å². The van der Waals surface area contributed by atoms with Crippen LogP contribution in [-0.4, -0.2) is 7.11 Å². The van der Waals surface area contributed by atoms with E-state index in [1.54, 1.807) is 7.11 Å². The van der Waals surface area contributed by atoms with Gasteiger partial charge in [-0.05, 0) is 36.1 Å². The molecule has 0 radical (unpaired) electrons. The number of nitrogens with one attached hydrogen (secondary N) is 1. The van der Waals surface area contributed by atoms with Crippen molar-refractivity contribution in [2.45, 2.75) is 6.92 Å². The van der Waals surface area contributed by atoms with Gasteiger partial charge in [-0.15, -0.1) is 0 Å². The molecule has 0 saturated heterocycles. The third kappa shape index (κ3) is 2.32. The zero-order chi connectivity index (χ0) is 13.9. The standard InChI is InChI=1S/C18H17NO/c1-13-10-11-18(17-9-4-3-8-16(13)17)19-14-6-5-7-15(12-14)20-2/h3-12,19H,1-2H3. The summed E-state index contributed by atoms with van der Waals surface area (Å²) in [5.41, 5.74) is 3.43. The number of rotatable bonds is 3. The monoisotopic (exact) mass is 263 g/mol. The molecule has 0 heterocycles. The highest BCUT2D eigenvalue weighted by Crippen LogP contribution is 2.29. The number of aryl methyl sites for hydroxylation is 1. The van der Waals surface area contributed by atoms with Gasteiger partial charge >= 0.3 is 0 Å². The van der Waals surface area contributed by atoms with E-state index in [9.17, 15) is 0 Å². The molecular formula is C18H17NO. The quantitative estimate of drug-likeness (QED) is 0.725. The Bertz CT molecular complexity index is 749. The van der Waals surface area contributed by atoms with E-state index in [2.05, 4.69) is 48.6 Å². The van der Waals surface area contributed by atoms with Crippen LogP contribution >= 0.6 is 0 Å². The van der Waals surface area contributed by atoms with E-state index in [4.69, 9.17) is 4.74 Å².